The van der Waals surface area contributed by atoms with Gasteiger partial charge in [-0.1, -0.05) is 6.07 Å². The molecule has 0 saturated carbocycles. The molecule has 5 N–H and O–H groups in total. The molecule has 7 atom stereocenters. The van der Waals surface area contributed by atoms with Crippen molar-refractivity contribution in [2.24, 2.45) is 4.99 Å². The number of carbonyl (C=O) groups is 2. The molecule has 5 aliphatic heterocycles. The Morgan fingerprint density at radius 1 is 1.12 bits per heavy atom. The minimum absolute atomic E-state index is 0.0406. The van der Waals surface area contributed by atoms with E-state index in [2.05, 4.69) is 9.89 Å². The lowest BCUT2D eigenvalue weighted by molar-refractivity contribution is -0.278. The van der Waals surface area contributed by atoms with Crippen molar-refractivity contribution in [1.82, 2.24) is 4.90 Å². The van der Waals surface area contributed by atoms with E-state index in [1.54, 1.807) is 24.4 Å². The van der Waals surface area contributed by atoms with E-state index in [1.807, 2.05) is 18.3 Å². The van der Waals surface area contributed by atoms with E-state index in [-0.39, 0.29) is 31.5 Å². The average molecular weight is 697 g/mol. The van der Waals surface area contributed by atoms with Gasteiger partial charge in [0.05, 0.1) is 31.9 Å². The SMILES string of the molecule is COc1ccc2c(c1OCCO)O[C@H]1c3c(CN4C=C5N=CC=C5C4)cc(O[C@@H]4O[C@H](COC(=O)CC(=O)O)[C@@H](O)[C@H](O)[C@H]4O)cc3OC[C@@H]21. The van der Waals surface area contributed by atoms with Crippen LogP contribution in [0.2, 0.25) is 0 Å². The first-order chi connectivity index (χ1) is 24.1. The van der Waals surface area contributed by atoms with Gasteiger partial charge in [-0.05, 0) is 23.8 Å². The Bertz CT molecular complexity index is 1760. The van der Waals surface area contributed by atoms with Crippen LogP contribution in [-0.4, -0.2) is 119 Å². The highest BCUT2D eigenvalue weighted by Crippen LogP contribution is 2.57. The lowest BCUT2D eigenvalue weighted by Crippen LogP contribution is -2.60. The summed E-state index contributed by atoms with van der Waals surface area (Å²) >= 11 is 0. The third-order valence-electron chi connectivity index (χ3n) is 9.07. The lowest BCUT2D eigenvalue weighted by Gasteiger charge is -2.40. The van der Waals surface area contributed by atoms with Gasteiger partial charge >= 0.3 is 11.9 Å². The molecule has 0 aliphatic carbocycles. The van der Waals surface area contributed by atoms with Crippen molar-refractivity contribution in [3.63, 3.8) is 0 Å². The number of ether oxygens (including phenoxy) is 7. The van der Waals surface area contributed by atoms with E-state index < -0.39 is 61.8 Å². The molecule has 0 spiro atoms. The Morgan fingerprint density at radius 2 is 1.96 bits per heavy atom. The minimum Gasteiger partial charge on any atom is -0.493 e. The van der Waals surface area contributed by atoms with Crippen molar-refractivity contribution < 1.29 is 68.3 Å². The first kappa shape index (κ1) is 33.6. The fourth-order valence-electron chi connectivity index (χ4n) is 6.72. The second-order valence-corrected chi connectivity index (χ2v) is 12.3. The minimum atomic E-state index is -1.74. The van der Waals surface area contributed by atoms with Gasteiger partial charge in [-0.2, -0.15) is 0 Å². The summed E-state index contributed by atoms with van der Waals surface area (Å²) in [4.78, 5) is 29.1. The van der Waals surface area contributed by atoms with Crippen molar-refractivity contribution in [3.05, 3.63) is 64.5 Å². The Labute approximate surface area is 285 Å². The van der Waals surface area contributed by atoms with E-state index in [0.717, 1.165) is 28.0 Å². The van der Waals surface area contributed by atoms with Gasteiger partial charge in [-0.3, -0.25) is 14.6 Å². The number of methoxy groups -OCH3 is 1. The van der Waals surface area contributed by atoms with Crippen LogP contribution in [0.15, 0.2) is 52.8 Å². The Morgan fingerprint density at radius 3 is 2.72 bits per heavy atom. The number of hydrogen-bond donors (Lipinski definition) is 5. The van der Waals surface area contributed by atoms with E-state index >= 15 is 0 Å². The second kappa shape index (κ2) is 13.8. The molecule has 0 bridgehead atoms. The number of allylic oxidation sites excluding steroid dienone is 1. The molecule has 1 saturated heterocycles. The van der Waals surface area contributed by atoms with Crippen LogP contribution in [0.1, 0.15) is 35.1 Å². The number of nitrogens with zero attached hydrogens (tertiary/aromatic N) is 2. The molecule has 7 rings (SSSR count). The largest absolute Gasteiger partial charge is 0.493 e. The summed E-state index contributed by atoms with van der Waals surface area (Å²) in [6, 6.07) is 7.06. The van der Waals surface area contributed by atoms with E-state index in [9.17, 15) is 30.0 Å². The number of esters is 1. The number of carboxylic acid groups (broad SMARTS) is 1. The van der Waals surface area contributed by atoms with Crippen molar-refractivity contribution >= 4 is 18.2 Å². The van der Waals surface area contributed by atoms with Gasteiger partial charge in [0.15, 0.2) is 11.5 Å². The summed E-state index contributed by atoms with van der Waals surface area (Å²) in [5.74, 6) is -0.679. The number of carbonyl (C=O) groups excluding carboxylic acids is 1. The van der Waals surface area contributed by atoms with Gasteiger partial charge < -0.3 is 63.6 Å². The lowest BCUT2D eigenvalue weighted by atomic mass is 9.86. The molecular weight excluding hydrogens is 660 g/mol. The molecule has 0 unspecified atom stereocenters. The highest BCUT2D eigenvalue weighted by Gasteiger charge is 2.47. The number of rotatable bonds is 12. The van der Waals surface area contributed by atoms with Gasteiger partial charge in [0.1, 0.15) is 61.7 Å². The van der Waals surface area contributed by atoms with Crippen molar-refractivity contribution in [2.45, 2.75) is 55.7 Å². The molecule has 1 fully saturated rings. The molecule has 16 heteroatoms. The first-order valence-electron chi connectivity index (χ1n) is 16.0. The van der Waals surface area contributed by atoms with Crippen LogP contribution in [0.4, 0.5) is 0 Å². The highest BCUT2D eigenvalue weighted by molar-refractivity contribution is 5.90. The monoisotopic (exact) mass is 696 g/mol. The quantitative estimate of drug-likeness (QED) is 0.151. The highest BCUT2D eigenvalue weighted by atomic mass is 16.7. The van der Waals surface area contributed by atoms with Crippen LogP contribution in [0.5, 0.6) is 28.7 Å². The van der Waals surface area contributed by atoms with Crippen LogP contribution in [0.25, 0.3) is 0 Å². The number of aliphatic imine (C=N–C) groups is 1. The van der Waals surface area contributed by atoms with Gasteiger partial charge in [-0.15, -0.1) is 0 Å². The molecule has 0 radical (unpaired) electrons. The molecule has 2 aromatic rings. The molecule has 0 aromatic heterocycles. The predicted molar refractivity (Wildman–Crippen MR) is 169 cm³/mol. The number of carboxylic acids is 1. The van der Waals surface area contributed by atoms with Crippen molar-refractivity contribution in [3.8, 4) is 28.7 Å². The van der Waals surface area contributed by atoms with Gasteiger partial charge in [-0.25, -0.2) is 0 Å². The third-order valence-corrected chi connectivity index (χ3v) is 9.07. The summed E-state index contributed by atoms with van der Waals surface area (Å²) in [6.07, 6.45) is -3.68. The van der Waals surface area contributed by atoms with Crippen LogP contribution < -0.4 is 23.7 Å². The number of aliphatic hydroxyl groups excluding tert-OH is 4. The molecule has 266 valence electrons. The van der Waals surface area contributed by atoms with E-state index in [0.29, 0.717) is 36.1 Å². The first-order valence-corrected chi connectivity index (χ1v) is 16.0. The maximum absolute atomic E-state index is 11.8. The molecule has 0 amide bonds. The Hall–Kier alpha value is -4.87. The number of hydrogen-bond acceptors (Lipinski definition) is 15. The van der Waals surface area contributed by atoms with Gasteiger partial charge in [0.25, 0.3) is 0 Å². The molecule has 5 heterocycles. The smallest absolute Gasteiger partial charge is 0.317 e. The predicted octanol–water partition coefficient (Wildman–Crippen LogP) is 0.548. The molecular formula is C34H36N2O14. The molecule has 2 aromatic carbocycles. The maximum atomic E-state index is 11.8. The van der Waals surface area contributed by atoms with Crippen LogP contribution in [-0.2, 0) is 25.6 Å². The van der Waals surface area contributed by atoms with E-state index in [4.69, 9.17) is 38.3 Å². The Kier molecular flexibility index (Phi) is 9.28. The average Bonchev–Trinajstić information content (AvgIpc) is 3.80. The second-order valence-electron chi connectivity index (χ2n) is 12.3. The molecule has 50 heavy (non-hydrogen) atoms. The normalized spacial score (nSPS) is 27.1. The maximum Gasteiger partial charge on any atom is 0.317 e. The molecule has 16 nitrogen and oxygen atoms in total. The zero-order valence-electron chi connectivity index (χ0n) is 26.8. The van der Waals surface area contributed by atoms with Crippen LogP contribution in [0, 0.1) is 0 Å². The zero-order chi connectivity index (χ0) is 35.1. The van der Waals surface area contributed by atoms with Crippen molar-refractivity contribution in [2.75, 3.05) is 40.1 Å². The number of aliphatic carboxylic acids is 1. The summed E-state index contributed by atoms with van der Waals surface area (Å²) in [5, 5.41) is 50.1. The summed E-state index contributed by atoms with van der Waals surface area (Å²) < 4.78 is 41.0. The number of benzene rings is 2. The van der Waals surface area contributed by atoms with Crippen LogP contribution >= 0.6 is 0 Å². The van der Waals surface area contributed by atoms with Crippen molar-refractivity contribution in [1.29, 1.82) is 0 Å². The number of fused-ring (bicyclic) bond motifs is 6. The molecule has 5 aliphatic rings. The number of aliphatic hydroxyl groups is 4. The summed E-state index contributed by atoms with van der Waals surface area (Å²) in [6.45, 7) is 0.490. The zero-order valence-corrected chi connectivity index (χ0v) is 26.8. The summed E-state index contributed by atoms with van der Waals surface area (Å²) in [5.41, 5.74) is 4.32. The topological polar surface area (TPSA) is 215 Å². The fourth-order valence-corrected chi connectivity index (χ4v) is 6.72. The van der Waals surface area contributed by atoms with Gasteiger partial charge in [0, 0.05) is 48.3 Å². The van der Waals surface area contributed by atoms with E-state index in [1.165, 1.54) is 7.11 Å². The third kappa shape index (κ3) is 6.31. The summed E-state index contributed by atoms with van der Waals surface area (Å²) in [7, 11) is 1.52. The fraction of sp³-hybridized carbons (Fsp3) is 0.441. The standard InChI is InChI=1S/C34H36N2O14/c1-44-22-3-2-19-20-14-46-23-9-18(48-34-30(43)29(42)28(41)24(49-34)15-47-26(40)10-25(38)39)8-17(12-36-11-16-4-5-35-21(16)13-36)27(23)31(20)50-32(19)33(22)45-7-6-37/h2-5,8-9,13,20,24,28-31,34,37,41-43H,6-7,10-12,14-15H2,1H3,(H,38,39)/t20-,24+,28+,29-,30+,31+,34+/m0/s1. The van der Waals surface area contributed by atoms with Gasteiger partial charge in [0.2, 0.25) is 12.0 Å². The Balaban J connectivity index is 1.19. The van der Waals surface area contributed by atoms with Crippen LogP contribution in [0.3, 0.4) is 0 Å².